The molecule has 2 unspecified atom stereocenters. The Labute approximate surface area is 104 Å². The highest BCUT2D eigenvalue weighted by atomic mass is 79.9. The predicted octanol–water partition coefficient (Wildman–Crippen LogP) is 4.13. The zero-order chi connectivity index (χ0) is 11.1. The van der Waals surface area contributed by atoms with Crippen molar-refractivity contribution < 1.29 is 0 Å². The molecule has 0 radical (unpaired) electrons. The molecule has 0 aromatic carbocycles. The summed E-state index contributed by atoms with van der Waals surface area (Å²) in [5.41, 5.74) is 6.69. The van der Waals surface area contributed by atoms with Crippen LogP contribution in [-0.4, -0.2) is 6.04 Å². The van der Waals surface area contributed by atoms with E-state index in [1.807, 2.05) is 11.3 Å². The average molecular weight is 288 g/mol. The maximum Gasteiger partial charge on any atom is 0.0317 e. The lowest BCUT2D eigenvalue weighted by molar-refractivity contribution is 0.200. The van der Waals surface area contributed by atoms with E-state index in [0.29, 0.717) is 17.4 Å². The minimum Gasteiger partial charge on any atom is -0.327 e. The highest BCUT2D eigenvalue weighted by molar-refractivity contribution is 9.10. The lowest BCUT2D eigenvalue weighted by Crippen LogP contribution is -2.37. The first-order valence-electron chi connectivity index (χ1n) is 5.48. The first-order chi connectivity index (χ1) is 6.99. The van der Waals surface area contributed by atoms with Gasteiger partial charge in [0, 0.05) is 21.3 Å². The summed E-state index contributed by atoms with van der Waals surface area (Å²) in [5, 5.41) is 2.15. The molecule has 0 amide bonds. The van der Waals surface area contributed by atoms with Crippen molar-refractivity contribution in [2.75, 3.05) is 0 Å². The van der Waals surface area contributed by atoms with Crippen LogP contribution in [0.15, 0.2) is 15.9 Å². The van der Waals surface area contributed by atoms with Crippen molar-refractivity contribution in [2.24, 2.45) is 11.1 Å². The molecule has 2 rings (SSSR count). The Balaban J connectivity index is 2.24. The molecule has 0 aliphatic heterocycles. The molecule has 84 valence electrons. The molecule has 2 N–H and O–H groups in total. The Hall–Kier alpha value is 0.140. The van der Waals surface area contributed by atoms with Crippen molar-refractivity contribution in [3.05, 3.63) is 20.8 Å². The third-order valence-electron chi connectivity index (χ3n) is 3.43. The molecule has 15 heavy (non-hydrogen) atoms. The third kappa shape index (κ3) is 2.45. The molecule has 1 fully saturated rings. The fourth-order valence-corrected chi connectivity index (χ4v) is 4.31. The molecule has 1 nitrogen and oxygen atoms in total. The zero-order valence-corrected chi connectivity index (χ0v) is 11.7. The van der Waals surface area contributed by atoms with Crippen LogP contribution in [0, 0.1) is 5.41 Å². The van der Waals surface area contributed by atoms with Crippen LogP contribution in [0.1, 0.15) is 43.9 Å². The van der Waals surface area contributed by atoms with Gasteiger partial charge in [-0.2, -0.15) is 0 Å². The standard InChI is InChI=1S/C12H18BrNS/c1-12(2)5-3-10(14)8(7-12)11-9(13)4-6-15-11/h4,6,8,10H,3,5,7,14H2,1-2H3. The lowest BCUT2D eigenvalue weighted by atomic mass is 9.70. The fraction of sp³-hybridized carbons (Fsp3) is 0.667. The van der Waals surface area contributed by atoms with E-state index in [2.05, 4.69) is 41.2 Å². The van der Waals surface area contributed by atoms with Gasteiger partial charge >= 0.3 is 0 Å². The van der Waals surface area contributed by atoms with Crippen molar-refractivity contribution in [1.82, 2.24) is 0 Å². The lowest BCUT2D eigenvalue weighted by Gasteiger charge is -2.39. The van der Waals surface area contributed by atoms with E-state index < -0.39 is 0 Å². The van der Waals surface area contributed by atoms with Crippen molar-refractivity contribution >= 4 is 27.3 Å². The van der Waals surface area contributed by atoms with Gasteiger partial charge in [0.15, 0.2) is 0 Å². The number of hydrogen-bond acceptors (Lipinski definition) is 2. The first-order valence-corrected chi connectivity index (χ1v) is 7.15. The summed E-state index contributed by atoms with van der Waals surface area (Å²) in [4.78, 5) is 1.44. The minimum atomic E-state index is 0.341. The maximum absolute atomic E-state index is 6.25. The Morgan fingerprint density at radius 1 is 1.53 bits per heavy atom. The highest BCUT2D eigenvalue weighted by Gasteiger charge is 2.35. The number of thiophene rings is 1. The second-order valence-electron chi connectivity index (χ2n) is 5.31. The quantitative estimate of drug-likeness (QED) is 0.826. The molecule has 2 atom stereocenters. The Bertz CT molecular complexity index is 345. The Kier molecular flexibility index (Phi) is 3.25. The molecule has 3 heteroatoms. The van der Waals surface area contributed by atoms with Gasteiger partial charge in [-0.3, -0.25) is 0 Å². The molecule has 1 aromatic rings. The summed E-state index contributed by atoms with van der Waals surface area (Å²) >= 11 is 5.46. The monoisotopic (exact) mass is 287 g/mol. The number of rotatable bonds is 1. The minimum absolute atomic E-state index is 0.341. The zero-order valence-electron chi connectivity index (χ0n) is 9.29. The molecular formula is C12H18BrNS. The Morgan fingerprint density at radius 2 is 2.27 bits per heavy atom. The molecule has 0 saturated heterocycles. The molecule has 0 spiro atoms. The molecule has 1 aliphatic rings. The maximum atomic E-state index is 6.25. The average Bonchev–Trinajstić information content (AvgIpc) is 2.56. The number of hydrogen-bond donors (Lipinski definition) is 1. The summed E-state index contributed by atoms with van der Waals surface area (Å²) in [5.74, 6) is 0.545. The van der Waals surface area contributed by atoms with Crippen molar-refractivity contribution in [1.29, 1.82) is 0 Å². The number of nitrogens with two attached hydrogens (primary N) is 1. The van der Waals surface area contributed by atoms with E-state index in [9.17, 15) is 0 Å². The van der Waals surface area contributed by atoms with Crippen LogP contribution in [0.5, 0.6) is 0 Å². The molecule has 1 aliphatic carbocycles. The fourth-order valence-electron chi connectivity index (χ4n) is 2.46. The van der Waals surface area contributed by atoms with Crippen LogP contribution in [0.25, 0.3) is 0 Å². The summed E-state index contributed by atoms with van der Waals surface area (Å²) in [6, 6.07) is 2.47. The largest absolute Gasteiger partial charge is 0.327 e. The van der Waals surface area contributed by atoms with Crippen molar-refractivity contribution in [3.8, 4) is 0 Å². The van der Waals surface area contributed by atoms with E-state index in [1.54, 1.807) is 0 Å². The molecule has 1 heterocycles. The normalized spacial score (nSPS) is 30.4. The second kappa shape index (κ2) is 4.19. The topological polar surface area (TPSA) is 26.0 Å². The smallest absolute Gasteiger partial charge is 0.0317 e. The van der Waals surface area contributed by atoms with Crippen molar-refractivity contribution in [2.45, 2.75) is 45.1 Å². The summed E-state index contributed by atoms with van der Waals surface area (Å²) in [6.45, 7) is 4.71. The highest BCUT2D eigenvalue weighted by Crippen LogP contribution is 2.46. The first kappa shape index (κ1) is 11.6. The molecular weight excluding hydrogens is 270 g/mol. The van der Waals surface area contributed by atoms with Gasteiger partial charge in [0.25, 0.3) is 0 Å². The van der Waals surface area contributed by atoms with Crippen LogP contribution in [0.2, 0.25) is 0 Å². The van der Waals surface area contributed by atoms with Gasteiger partial charge in [-0.1, -0.05) is 13.8 Å². The van der Waals surface area contributed by atoms with Crippen LogP contribution < -0.4 is 5.73 Å². The summed E-state index contributed by atoms with van der Waals surface area (Å²) < 4.78 is 1.24. The Morgan fingerprint density at radius 3 is 2.87 bits per heavy atom. The number of halogens is 1. The van der Waals surface area contributed by atoms with E-state index in [1.165, 1.54) is 22.2 Å². The van der Waals surface area contributed by atoms with Crippen LogP contribution in [0.4, 0.5) is 0 Å². The van der Waals surface area contributed by atoms with Gasteiger partial charge in [0.05, 0.1) is 0 Å². The van der Waals surface area contributed by atoms with Crippen molar-refractivity contribution in [3.63, 3.8) is 0 Å². The van der Waals surface area contributed by atoms with E-state index in [4.69, 9.17) is 5.73 Å². The van der Waals surface area contributed by atoms with Gasteiger partial charge in [-0.25, -0.2) is 0 Å². The molecule has 1 aromatic heterocycles. The van der Waals surface area contributed by atoms with E-state index in [0.717, 1.165) is 6.42 Å². The molecule has 0 bridgehead atoms. The van der Waals surface area contributed by atoms with Gasteiger partial charge < -0.3 is 5.73 Å². The predicted molar refractivity (Wildman–Crippen MR) is 70.4 cm³/mol. The second-order valence-corrected chi connectivity index (χ2v) is 7.11. The van der Waals surface area contributed by atoms with E-state index in [-0.39, 0.29) is 0 Å². The molecule has 1 saturated carbocycles. The van der Waals surface area contributed by atoms with Gasteiger partial charge in [-0.05, 0) is 52.1 Å². The SMILES string of the molecule is CC1(C)CCC(N)C(c2sccc2Br)C1. The van der Waals surface area contributed by atoms with Crippen LogP contribution >= 0.6 is 27.3 Å². The third-order valence-corrected chi connectivity index (χ3v) is 5.43. The summed E-state index contributed by atoms with van der Waals surface area (Å²) in [6.07, 6.45) is 3.63. The van der Waals surface area contributed by atoms with Gasteiger partial charge in [-0.15, -0.1) is 11.3 Å². The van der Waals surface area contributed by atoms with Crippen LogP contribution in [0.3, 0.4) is 0 Å². The van der Waals surface area contributed by atoms with E-state index >= 15 is 0 Å². The summed E-state index contributed by atoms with van der Waals surface area (Å²) in [7, 11) is 0. The van der Waals surface area contributed by atoms with Gasteiger partial charge in [0.2, 0.25) is 0 Å². The van der Waals surface area contributed by atoms with Gasteiger partial charge in [0.1, 0.15) is 0 Å². The van der Waals surface area contributed by atoms with Crippen LogP contribution in [-0.2, 0) is 0 Å².